The smallest absolute Gasteiger partial charge is 0.167 e. The molecule has 92 valence electrons. The largest absolute Gasteiger partial charge is 0.454 e. The molecule has 3 nitrogen and oxygen atoms in total. The molecule has 0 aliphatic heterocycles. The number of hydrogen-bond donors (Lipinski definition) is 0. The third kappa shape index (κ3) is 2.85. The van der Waals surface area contributed by atoms with Crippen LogP contribution in [0.5, 0.6) is 11.5 Å². The zero-order chi connectivity index (χ0) is 13.8. The summed E-state index contributed by atoms with van der Waals surface area (Å²) in [7, 11) is 0. The molecule has 0 unspecified atom stereocenters. The molecule has 0 amide bonds. The van der Waals surface area contributed by atoms with Crippen LogP contribution < -0.4 is 4.74 Å². The van der Waals surface area contributed by atoms with E-state index in [2.05, 4.69) is 0 Å². The van der Waals surface area contributed by atoms with Crippen LogP contribution in [0.3, 0.4) is 0 Å². The summed E-state index contributed by atoms with van der Waals surface area (Å²) in [5.41, 5.74) is 0.228. The van der Waals surface area contributed by atoms with E-state index in [1.807, 2.05) is 0 Å². The molecule has 0 aromatic heterocycles. The molecular formula is C14H6F2N2O. The van der Waals surface area contributed by atoms with E-state index in [1.165, 1.54) is 18.2 Å². The molecule has 2 aromatic rings. The van der Waals surface area contributed by atoms with Gasteiger partial charge in [0.25, 0.3) is 0 Å². The summed E-state index contributed by atoms with van der Waals surface area (Å²) in [5, 5.41) is 17.3. The predicted octanol–water partition coefficient (Wildman–Crippen LogP) is 3.50. The van der Waals surface area contributed by atoms with Gasteiger partial charge in [-0.1, -0.05) is 0 Å². The second-order valence-corrected chi connectivity index (χ2v) is 3.65. The quantitative estimate of drug-likeness (QED) is 0.826. The molecular weight excluding hydrogens is 250 g/mol. The Morgan fingerprint density at radius 1 is 0.895 bits per heavy atom. The fourth-order valence-corrected chi connectivity index (χ4v) is 1.47. The van der Waals surface area contributed by atoms with E-state index >= 15 is 0 Å². The molecule has 0 bridgehead atoms. The molecule has 2 aromatic carbocycles. The minimum absolute atomic E-state index is 0.0140. The maximum atomic E-state index is 13.6. The van der Waals surface area contributed by atoms with Gasteiger partial charge in [-0.05, 0) is 30.3 Å². The van der Waals surface area contributed by atoms with E-state index in [9.17, 15) is 8.78 Å². The summed E-state index contributed by atoms with van der Waals surface area (Å²) in [5.74, 6) is -1.52. The van der Waals surface area contributed by atoms with Crippen molar-refractivity contribution in [3.63, 3.8) is 0 Å². The lowest BCUT2D eigenvalue weighted by molar-refractivity contribution is 0.438. The summed E-state index contributed by atoms with van der Waals surface area (Å²) < 4.78 is 31.9. The van der Waals surface area contributed by atoms with Crippen molar-refractivity contribution in [2.75, 3.05) is 0 Å². The Kier molecular flexibility index (Phi) is 3.40. The van der Waals surface area contributed by atoms with Crippen LogP contribution in [0.1, 0.15) is 11.1 Å². The normalized spacial score (nSPS) is 9.47. The number of nitrogens with zero attached hydrogens (tertiary/aromatic N) is 2. The third-order valence-corrected chi connectivity index (χ3v) is 2.29. The lowest BCUT2D eigenvalue weighted by Crippen LogP contribution is -1.91. The summed E-state index contributed by atoms with van der Waals surface area (Å²) in [4.78, 5) is 0. The highest BCUT2D eigenvalue weighted by Crippen LogP contribution is 2.26. The summed E-state index contributed by atoms with van der Waals surface area (Å²) >= 11 is 0. The Morgan fingerprint density at radius 2 is 1.63 bits per heavy atom. The van der Waals surface area contributed by atoms with Crippen LogP contribution >= 0.6 is 0 Å². The second kappa shape index (κ2) is 5.16. The topological polar surface area (TPSA) is 56.8 Å². The minimum atomic E-state index is -0.734. The van der Waals surface area contributed by atoms with Gasteiger partial charge >= 0.3 is 0 Å². The van der Waals surface area contributed by atoms with Crippen LogP contribution in [0.25, 0.3) is 0 Å². The molecule has 5 heteroatoms. The van der Waals surface area contributed by atoms with Crippen molar-refractivity contribution in [2.45, 2.75) is 0 Å². The number of nitriles is 2. The Hall–Kier alpha value is -2.92. The average Bonchev–Trinajstić information content (AvgIpc) is 2.40. The SMILES string of the molecule is N#Cc1cc(F)cc(Oc2ccc(C#N)cc2F)c1. The fourth-order valence-electron chi connectivity index (χ4n) is 1.47. The molecule has 0 spiro atoms. The molecule has 19 heavy (non-hydrogen) atoms. The highest BCUT2D eigenvalue weighted by atomic mass is 19.1. The Labute approximate surface area is 107 Å². The van der Waals surface area contributed by atoms with E-state index in [0.29, 0.717) is 0 Å². The maximum Gasteiger partial charge on any atom is 0.167 e. The highest BCUT2D eigenvalue weighted by molar-refractivity contribution is 5.41. The van der Waals surface area contributed by atoms with E-state index in [1.54, 1.807) is 12.1 Å². The van der Waals surface area contributed by atoms with Gasteiger partial charge in [0.05, 0.1) is 23.3 Å². The first-order valence-electron chi connectivity index (χ1n) is 5.20. The number of halogens is 2. The summed E-state index contributed by atoms with van der Waals surface area (Å²) in [6.45, 7) is 0. The second-order valence-electron chi connectivity index (χ2n) is 3.65. The zero-order valence-electron chi connectivity index (χ0n) is 9.52. The van der Waals surface area contributed by atoms with Gasteiger partial charge in [0.1, 0.15) is 11.6 Å². The molecule has 2 rings (SSSR count). The average molecular weight is 256 g/mol. The van der Waals surface area contributed by atoms with Gasteiger partial charge in [0.15, 0.2) is 11.6 Å². The highest BCUT2D eigenvalue weighted by Gasteiger charge is 2.08. The van der Waals surface area contributed by atoms with Gasteiger partial charge in [0, 0.05) is 6.07 Å². The lowest BCUT2D eigenvalue weighted by atomic mass is 10.2. The van der Waals surface area contributed by atoms with Gasteiger partial charge in [0.2, 0.25) is 0 Å². The van der Waals surface area contributed by atoms with E-state index in [0.717, 1.165) is 18.2 Å². The van der Waals surface area contributed by atoms with Crippen LogP contribution in [-0.4, -0.2) is 0 Å². The Balaban J connectivity index is 2.34. The third-order valence-electron chi connectivity index (χ3n) is 2.29. The first-order valence-corrected chi connectivity index (χ1v) is 5.20. The van der Waals surface area contributed by atoms with E-state index in [-0.39, 0.29) is 22.6 Å². The molecule has 0 N–H and O–H groups in total. The first kappa shape index (κ1) is 12.5. The first-order chi connectivity index (χ1) is 9.12. The van der Waals surface area contributed by atoms with E-state index in [4.69, 9.17) is 15.3 Å². The number of rotatable bonds is 2. The molecule has 0 atom stereocenters. The monoisotopic (exact) mass is 256 g/mol. The minimum Gasteiger partial charge on any atom is -0.454 e. The molecule has 0 aliphatic rings. The number of hydrogen-bond acceptors (Lipinski definition) is 3. The van der Waals surface area contributed by atoms with Crippen molar-refractivity contribution in [1.82, 2.24) is 0 Å². The Morgan fingerprint density at radius 3 is 2.26 bits per heavy atom. The van der Waals surface area contributed by atoms with Crippen LogP contribution in [0, 0.1) is 34.3 Å². The van der Waals surface area contributed by atoms with Crippen LogP contribution in [0.4, 0.5) is 8.78 Å². The zero-order valence-corrected chi connectivity index (χ0v) is 9.52. The molecule has 0 aliphatic carbocycles. The van der Waals surface area contributed by atoms with Gasteiger partial charge in [-0.2, -0.15) is 10.5 Å². The van der Waals surface area contributed by atoms with Crippen molar-refractivity contribution in [2.24, 2.45) is 0 Å². The summed E-state index contributed by atoms with van der Waals surface area (Å²) in [6.07, 6.45) is 0. The van der Waals surface area contributed by atoms with Crippen LogP contribution in [0.15, 0.2) is 36.4 Å². The van der Waals surface area contributed by atoms with Crippen molar-refractivity contribution >= 4 is 0 Å². The molecule has 0 saturated carbocycles. The van der Waals surface area contributed by atoms with Crippen LogP contribution in [-0.2, 0) is 0 Å². The molecule has 0 saturated heterocycles. The fraction of sp³-hybridized carbons (Fsp3) is 0. The van der Waals surface area contributed by atoms with E-state index < -0.39 is 11.6 Å². The molecule has 0 fully saturated rings. The number of ether oxygens (including phenoxy) is 1. The van der Waals surface area contributed by atoms with Crippen molar-refractivity contribution in [3.8, 4) is 23.6 Å². The van der Waals surface area contributed by atoms with Crippen LogP contribution in [0.2, 0.25) is 0 Å². The van der Waals surface area contributed by atoms with Gasteiger partial charge < -0.3 is 4.74 Å². The number of benzene rings is 2. The predicted molar refractivity (Wildman–Crippen MR) is 62.3 cm³/mol. The molecule has 0 radical (unpaired) electrons. The van der Waals surface area contributed by atoms with Crippen molar-refractivity contribution in [1.29, 1.82) is 10.5 Å². The van der Waals surface area contributed by atoms with Gasteiger partial charge in [-0.15, -0.1) is 0 Å². The van der Waals surface area contributed by atoms with Crippen molar-refractivity contribution in [3.05, 3.63) is 59.2 Å². The molecule has 0 heterocycles. The lowest BCUT2D eigenvalue weighted by Gasteiger charge is -2.07. The van der Waals surface area contributed by atoms with Crippen molar-refractivity contribution < 1.29 is 13.5 Å². The standard InChI is InChI=1S/C14H6F2N2O/c15-11-3-10(8-18)4-12(6-11)19-14-2-1-9(7-17)5-13(14)16/h1-6H. The van der Waals surface area contributed by atoms with Gasteiger partial charge in [-0.3, -0.25) is 0 Å². The Bertz CT molecular complexity index is 714. The summed E-state index contributed by atoms with van der Waals surface area (Å²) in [6, 6.07) is 10.6. The maximum absolute atomic E-state index is 13.6. The van der Waals surface area contributed by atoms with Gasteiger partial charge in [-0.25, -0.2) is 8.78 Å².